The third-order valence-corrected chi connectivity index (χ3v) is 7.28. The lowest BCUT2D eigenvalue weighted by Gasteiger charge is -2.38. The lowest BCUT2D eigenvalue weighted by molar-refractivity contribution is -0.0498. The summed E-state index contributed by atoms with van der Waals surface area (Å²) in [6, 6.07) is 7.76. The van der Waals surface area contributed by atoms with Crippen molar-refractivity contribution in [3.8, 4) is 17.0 Å². The van der Waals surface area contributed by atoms with Crippen molar-refractivity contribution in [2.24, 2.45) is 0 Å². The molecule has 0 aliphatic carbocycles. The van der Waals surface area contributed by atoms with Gasteiger partial charge >= 0.3 is 6.61 Å². The number of nitrogens with zero attached hydrogens (tertiary/aromatic N) is 3. The Morgan fingerprint density at radius 3 is 2.59 bits per heavy atom. The largest absolute Gasteiger partial charge is 0.435 e. The molecule has 1 fully saturated rings. The maximum absolute atomic E-state index is 12.7. The number of benzene rings is 1. The van der Waals surface area contributed by atoms with E-state index in [1.807, 2.05) is 13.8 Å². The second-order valence-corrected chi connectivity index (χ2v) is 10.5. The first-order valence-corrected chi connectivity index (χ1v) is 11.7. The highest BCUT2D eigenvalue weighted by atomic mass is 32.2. The Morgan fingerprint density at radius 1 is 1.25 bits per heavy atom. The second-order valence-electron chi connectivity index (χ2n) is 8.43. The highest BCUT2D eigenvalue weighted by Crippen LogP contribution is 2.31. The van der Waals surface area contributed by atoms with Gasteiger partial charge in [0.2, 0.25) is 0 Å². The number of alkyl halides is 2. The van der Waals surface area contributed by atoms with Gasteiger partial charge in [-0.3, -0.25) is 14.5 Å². The zero-order valence-corrected chi connectivity index (χ0v) is 18.5. The van der Waals surface area contributed by atoms with E-state index in [0.717, 1.165) is 0 Å². The van der Waals surface area contributed by atoms with E-state index in [1.54, 1.807) is 29.8 Å². The highest BCUT2D eigenvalue weighted by molar-refractivity contribution is 7.93. The predicted molar refractivity (Wildman–Crippen MR) is 115 cm³/mol. The molecule has 1 amide bonds. The highest BCUT2D eigenvalue weighted by Gasteiger charge is 2.45. The molecule has 170 valence electrons. The van der Waals surface area contributed by atoms with Crippen LogP contribution in [0.4, 0.5) is 8.78 Å². The lowest BCUT2D eigenvalue weighted by Crippen LogP contribution is -2.63. The Kier molecular flexibility index (Phi) is 5.40. The number of carbonyl (C=O) groups excluding carboxylic acids is 1. The Labute approximate surface area is 183 Å². The van der Waals surface area contributed by atoms with E-state index in [9.17, 15) is 22.0 Å². The molecular formula is C21H22F2N4O4S. The lowest BCUT2D eigenvalue weighted by atomic mass is 10.1. The van der Waals surface area contributed by atoms with E-state index >= 15 is 0 Å². The average Bonchev–Trinajstić information content (AvgIpc) is 3.05. The van der Waals surface area contributed by atoms with Gasteiger partial charge in [-0.2, -0.15) is 13.9 Å². The van der Waals surface area contributed by atoms with Crippen LogP contribution in [0.1, 0.15) is 37.2 Å². The van der Waals surface area contributed by atoms with Crippen LogP contribution in [0.25, 0.3) is 22.3 Å². The molecule has 1 aliphatic rings. The van der Waals surface area contributed by atoms with Gasteiger partial charge in [-0.15, -0.1) is 0 Å². The summed E-state index contributed by atoms with van der Waals surface area (Å²) in [5.74, 6) is -0.634. The molecule has 1 aliphatic heterocycles. The van der Waals surface area contributed by atoms with Gasteiger partial charge in [0.15, 0.2) is 9.84 Å². The molecule has 8 nitrogen and oxygen atoms in total. The molecule has 11 heteroatoms. The molecule has 0 unspecified atom stereocenters. The summed E-state index contributed by atoms with van der Waals surface area (Å²) in [5, 5.41) is 7.37. The molecule has 2 aromatic heterocycles. The van der Waals surface area contributed by atoms with Gasteiger partial charge in [-0.25, -0.2) is 8.42 Å². The van der Waals surface area contributed by atoms with Crippen molar-refractivity contribution in [2.75, 3.05) is 11.5 Å². The van der Waals surface area contributed by atoms with Crippen molar-refractivity contribution in [2.45, 2.75) is 39.0 Å². The summed E-state index contributed by atoms with van der Waals surface area (Å²) in [6.07, 6.45) is 1.39. The van der Waals surface area contributed by atoms with Crippen LogP contribution in [0.5, 0.6) is 5.75 Å². The van der Waals surface area contributed by atoms with Crippen LogP contribution < -0.4 is 10.1 Å². The number of hydrogen-bond donors (Lipinski definition) is 1. The first-order chi connectivity index (χ1) is 15.0. The van der Waals surface area contributed by atoms with Gasteiger partial charge in [-0.05, 0) is 39.0 Å². The Balaban J connectivity index is 1.71. The van der Waals surface area contributed by atoms with E-state index in [-0.39, 0.29) is 28.9 Å². The minimum Gasteiger partial charge on any atom is -0.435 e. The quantitative estimate of drug-likeness (QED) is 0.601. The summed E-state index contributed by atoms with van der Waals surface area (Å²) in [5.41, 5.74) is 1.57. The molecule has 0 saturated carbocycles. The van der Waals surface area contributed by atoms with E-state index in [1.165, 1.54) is 18.3 Å². The fraction of sp³-hybridized carbons (Fsp3) is 0.381. The maximum Gasteiger partial charge on any atom is 0.387 e. The molecule has 0 atom stereocenters. The molecule has 1 aromatic carbocycles. The topological polar surface area (TPSA) is 103 Å². The number of sulfone groups is 1. The van der Waals surface area contributed by atoms with Gasteiger partial charge < -0.3 is 10.1 Å². The van der Waals surface area contributed by atoms with Crippen LogP contribution in [-0.4, -0.2) is 52.7 Å². The fourth-order valence-corrected chi connectivity index (χ4v) is 5.90. The Hall–Kier alpha value is -3.08. The molecule has 1 N–H and O–H groups in total. The third-order valence-electron chi connectivity index (χ3n) is 5.12. The van der Waals surface area contributed by atoms with Crippen molar-refractivity contribution in [1.29, 1.82) is 0 Å². The number of nitrogens with one attached hydrogen (secondary N) is 1. The third kappa shape index (κ3) is 4.29. The van der Waals surface area contributed by atoms with Crippen LogP contribution in [0.2, 0.25) is 0 Å². The van der Waals surface area contributed by atoms with Crippen LogP contribution >= 0.6 is 0 Å². The van der Waals surface area contributed by atoms with E-state index in [4.69, 9.17) is 0 Å². The number of hydrogen-bond acceptors (Lipinski definition) is 6. The van der Waals surface area contributed by atoms with E-state index in [0.29, 0.717) is 22.3 Å². The number of rotatable bonds is 6. The minimum absolute atomic E-state index is 0.00411. The van der Waals surface area contributed by atoms with Crippen LogP contribution in [0, 0.1) is 0 Å². The first kappa shape index (κ1) is 22.1. The molecule has 32 heavy (non-hydrogen) atoms. The number of ether oxygens (including phenoxy) is 1. The van der Waals surface area contributed by atoms with Crippen LogP contribution in [-0.2, 0) is 9.84 Å². The van der Waals surface area contributed by atoms with E-state index in [2.05, 4.69) is 20.1 Å². The second kappa shape index (κ2) is 7.80. The maximum atomic E-state index is 12.7. The SMILES string of the molecule is CC(C)n1nc(-c2cccc(OC(F)F)c2)c2ncc(C(=O)NC3(C)CS(=O)(=O)C3)cc21. The predicted octanol–water partition coefficient (Wildman–Crippen LogP) is 3.20. The standard InChI is InChI=1S/C21H22F2N4O4S/c1-12(2)27-16-8-14(19(28)25-21(3)10-32(29,30)11-21)9-24-18(16)17(26-27)13-5-4-6-15(7-13)31-20(22)23/h4-9,12,20H,10-11H2,1-3H3,(H,25,28). The zero-order valence-electron chi connectivity index (χ0n) is 17.7. The number of halogens is 2. The first-order valence-electron chi connectivity index (χ1n) is 9.93. The molecular weight excluding hydrogens is 442 g/mol. The summed E-state index contributed by atoms with van der Waals surface area (Å²) in [4.78, 5) is 17.2. The van der Waals surface area contributed by atoms with Gasteiger partial charge in [-0.1, -0.05) is 12.1 Å². The fourth-order valence-electron chi connectivity index (χ4n) is 3.90. The van der Waals surface area contributed by atoms with Crippen LogP contribution in [0.15, 0.2) is 36.5 Å². The van der Waals surface area contributed by atoms with Crippen molar-refractivity contribution >= 4 is 26.8 Å². The minimum atomic E-state index is -3.11. The summed E-state index contributed by atoms with van der Waals surface area (Å²) >= 11 is 0. The summed E-state index contributed by atoms with van der Waals surface area (Å²) < 4.78 is 54.4. The van der Waals surface area contributed by atoms with Gasteiger partial charge in [0.1, 0.15) is 17.0 Å². The number of pyridine rings is 1. The van der Waals surface area contributed by atoms with Gasteiger partial charge in [0.05, 0.1) is 28.1 Å². The van der Waals surface area contributed by atoms with Crippen molar-refractivity contribution in [3.63, 3.8) is 0 Å². The monoisotopic (exact) mass is 464 g/mol. The number of fused-ring (bicyclic) bond motifs is 1. The Morgan fingerprint density at radius 2 is 1.97 bits per heavy atom. The Bertz CT molecular complexity index is 1290. The normalized spacial score (nSPS) is 16.8. The van der Waals surface area contributed by atoms with E-state index < -0.39 is 27.9 Å². The van der Waals surface area contributed by atoms with Crippen LogP contribution in [0.3, 0.4) is 0 Å². The molecule has 3 aromatic rings. The van der Waals surface area contributed by atoms with Crippen molar-refractivity contribution in [1.82, 2.24) is 20.1 Å². The summed E-state index contributed by atoms with van der Waals surface area (Å²) in [6.45, 7) is 2.57. The van der Waals surface area contributed by atoms with Gasteiger partial charge in [0, 0.05) is 17.8 Å². The van der Waals surface area contributed by atoms with Crippen molar-refractivity contribution in [3.05, 3.63) is 42.1 Å². The molecule has 0 bridgehead atoms. The molecule has 1 saturated heterocycles. The van der Waals surface area contributed by atoms with Gasteiger partial charge in [0.25, 0.3) is 5.91 Å². The number of carbonyl (C=O) groups is 1. The zero-order chi connectivity index (χ0) is 23.3. The molecule has 0 radical (unpaired) electrons. The summed E-state index contributed by atoms with van der Waals surface area (Å²) in [7, 11) is -3.11. The number of aromatic nitrogens is 3. The van der Waals surface area contributed by atoms with Crippen molar-refractivity contribution < 1.29 is 26.7 Å². The smallest absolute Gasteiger partial charge is 0.387 e. The molecule has 0 spiro atoms. The molecule has 3 heterocycles. The molecule has 4 rings (SSSR count). The average molecular weight is 464 g/mol. The number of amides is 1.